The molecule has 4 aromatic rings. The second-order valence-corrected chi connectivity index (χ2v) is 8.37. The topological polar surface area (TPSA) is 145 Å². The molecule has 0 saturated heterocycles. The number of nitrogens with one attached hydrogen (secondary N) is 1. The van der Waals surface area contributed by atoms with Crippen LogP contribution in [-0.4, -0.2) is 42.4 Å². The molecule has 2 heterocycles. The van der Waals surface area contributed by atoms with Gasteiger partial charge in [0.25, 0.3) is 0 Å². The third-order valence-corrected chi connectivity index (χ3v) is 6.00. The maximum atomic E-state index is 12.5. The van der Waals surface area contributed by atoms with Crippen molar-refractivity contribution in [1.29, 1.82) is 0 Å². The molecule has 0 aliphatic heterocycles. The Labute approximate surface area is 199 Å². The number of carbonyl (C=O) groups excluding carboxylic acids is 1. The molecule has 0 unspecified atom stereocenters. The minimum Gasteiger partial charge on any atom is -0.480 e. The molecule has 178 valence electrons. The van der Waals surface area contributed by atoms with Gasteiger partial charge in [-0.1, -0.05) is 47.7 Å². The predicted molar refractivity (Wildman–Crippen MR) is 123 cm³/mol. The Bertz CT molecular complexity index is 1380. The number of aryl methyl sites for hydroxylation is 1. The molecule has 2 aromatic heterocycles. The summed E-state index contributed by atoms with van der Waals surface area (Å²) in [6.07, 6.45) is -0.0960. The van der Waals surface area contributed by atoms with Crippen LogP contribution in [0, 0.1) is 0 Å². The first-order valence-corrected chi connectivity index (χ1v) is 11.0. The number of nitrogens with zero attached hydrogens (tertiary/aromatic N) is 5. The smallest absolute Gasteiger partial charge is 0.413 e. The standard InChI is InChI=1S/C24H22N6O5/c1-14(15-6-4-3-5-7-15)34-23(33)25-19-18(26-29-30(19)2)16-8-10-17(11-9-16)20-27-28-21(35-20)24(12-13-24)22(31)32/h3-11,14H,12-13H2,1-2H3,(H,25,33)(H,31,32)/t14-/m1/s1. The molecule has 11 nitrogen and oxygen atoms in total. The Morgan fingerprint density at radius 2 is 1.74 bits per heavy atom. The van der Waals surface area contributed by atoms with Crippen LogP contribution in [0.3, 0.4) is 0 Å². The first kappa shape index (κ1) is 22.3. The summed E-state index contributed by atoms with van der Waals surface area (Å²) in [5.41, 5.74) is 1.59. The average molecular weight is 474 g/mol. The van der Waals surface area contributed by atoms with E-state index >= 15 is 0 Å². The van der Waals surface area contributed by atoms with E-state index in [0.717, 1.165) is 5.56 Å². The second kappa shape index (κ2) is 8.67. The van der Waals surface area contributed by atoms with E-state index in [4.69, 9.17) is 9.15 Å². The van der Waals surface area contributed by atoms with Crippen LogP contribution in [0.15, 0.2) is 59.0 Å². The van der Waals surface area contributed by atoms with E-state index in [1.165, 1.54) is 4.68 Å². The molecule has 1 saturated carbocycles. The van der Waals surface area contributed by atoms with Crippen molar-refractivity contribution in [3.63, 3.8) is 0 Å². The third kappa shape index (κ3) is 4.23. The van der Waals surface area contributed by atoms with E-state index in [9.17, 15) is 14.7 Å². The van der Waals surface area contributed by atoms with E-state index < -0.39 is 23.6 Å². The lowest BCUT2D eigenvalue weighted by atomic mass is 10.1. The van der Waals surface area contributed by atoms with Gasteiger partial charge in [0, 0.05) is 18.2 Å². The van der Waals surface area contributed by atoms with Crippen molar-refractivity contribution in [2.45, 2.75) is 31.3 Å². The summed E-state index contributed by atoms with van der Waals surface area (Å²) in [6, 6.07) is 16.5. The molecule has 2 aromatic carbocycles. The number of anilines is 1. The Morgan fingerprint density at radius 3 is 2.40 bits per heavy atom. The fourth-order valence-electron chi connectivity index (χ4n) is 3.72. The van der Waals surface area contributed by atoms with E-state index in [2.05, 4.69) is 25.8 Å². The summed E-state index contributed by atoms with van der Waals surface area (Å²) in [4.78, 5) is 24.0. The number of rotatable bonds is 7. The number of aliphatic carboxylic acids is 1. The highest BCUT2D eigenvalue weighted by molar-refractivity contribution is 5.89. The number of carboxylic acid groups (broad SMARTS) is 1. The molecule has 0 spiro atoms. The fourth-order valence-corrected chi connectivity index (χ4v) is 3.72. The van der Waals surface area contributed by atoms with Crippen LogP contribution in [0.1, 0.15) is 37.3 Å². The maximum Gasteiger partial charge on any atom is 0.413 e. The third-order valence-electron chi connectivity index (χ3n) is 6.00. The zero-order valence-electron chi connectivity index (χ0n) is 19.0. The molecule has 1 fully saturated rings. The van der Waals surface area contributed by atoms with Crippen LogP contribution >= 0.6 is 0 Å². The largest absolute Gasteiger partial charge is 0.480 e. The average Bonchev–Trinajstić information content (AvgIpc) is 3.40. The zero-order chi connectivity index (χ0) is 24.6. The van der Waals surface area contributed by atoms with Crippen molar-refractivity contribution in [3.05, 3.63) is 66.1 Å². The number of carbonyl (C=O) groups is 2. The monoisotopic (exact) mass is 474 g/mol. The molecule has 1 aliphatic rings. The molecule has 2 N–H and O–H groups in total. The second-order valence-electron chi connectivity index (χ2n) is 8.37. The van der Waals surface area contributed by atoms with E-state index in [1.807, 2.05) is 30.3 Å². The molecule has 1 aliphatic carbocycles. The fraction of sp³-hybridized carbons (Fsp3) is 0.250. The van der Waals surface area contributed by atoms with Crippen molar-refractivity contribution in [3.8, 4) is 22.7 Å². The lowest BCUT2D eigenvalue weighted by Gasteiger charge is -2.14. The summed E-state index contributed by atoms with van der Waals surface area (Å²) >= 11 is 0. The van der Waals surface area contributed by atoms with Gasteiger partial charge in [-0.15, -0.1) is 15.3 Å². The molecule has 5 rings (SSSR count). The molecular weight excluding hydrogens is 452 g/mol. The van der Waals surface area contributed by atoms with Crippen LogP contribution < -0.4 is 5.32 Å². The lowest BCUT2D eigenvalue weighted by molar-refractivity contribution is -0.140. The summed E-state index contributed by atoms with van der Waals surface area (Å²) < 4.78 is 12.6. The van der Waals surface area contributed by atoms with Crippen molar-refractivity contribution < 1.29 is 23.8 Å². The minimum absolute atomic E-state index is 0.118. The molecule has 0 bridgehead atoms. The van der Waals surface area contributed by atoms with Crippen molar-refractivity contribution in [2.75, 3.05) is 5.32 Å². The highest BCUT2D eigenvalue weighted by Crippen LogP contribution is 2.48. The molecule has 1 amide bonds. The van der Waals surface area contributed by atoms with Crippen LogP contribution in [0.2, 0.25) is 0 Å². The van der Waals surface area contributed by atoms with Crippen LogP contribution in [0.4, 0.5) is 10.6 Å². The molecular formula is C24H22N6O5. The number of carboxylic acids is 1. The van der Waals surface area contributed by atoms with Gasteiger partial charge in [0.2, 0.25) is 11.8 Å². The number of hydrogen-bond acceptors (Lipinski definition) is 8. The quantitative estimate of drug-likeness (QED) is 0.406. The van der Waals surface area contributed by atoms with Crippen LogP contribution in [0.25, 0.3) is 22.7 Å². The van der Waals surface area contributed by atoms with Gasteiger partial charge in [-0.05, 0) is 37.5 Å². The molecule has 1 atom stereocenters. The van der Waals surface area contributed by atoms with Crippen molar-refractivity contribution in [1.82, 2.24) is 25.2 Å². The summed E-state index contributed by atoms with van der Waals surface area (Å²) in [7, 11) is 1.66. The molecule has 0 radical (unpaired) electrons. The number of amides is 1. The first-order valence-electron chi connectivity index (χ1n) is 11.0. The first-order chi connectivity index (χ1) is 16.9. The van der Waals surface area contributed by atoms with Crippen LogP contribution in [0.5, 0.6) is 0 Å². The van der Waals surface area contributed by atoms with Gasteiger partial charge in [0.1, 0.15) is 17.2 Å². The van der Waals surface area contributed by atoms with Gasteiger partial charge in [-0.3, -0.25) is 10.1 Å². The van der Waals surface area contributed by atoms with Gasteiger partial charge >= 0.3 is 12.1 Å². The maximum absolute atomic E-state index is 12.5. The van der Waals surface area contributed by atoms with E-state index in [-0.39, 0.29) is 11.8 Å². The van der Waals surface area contributed by atoms with E-state index in [0.29, 0.717) is 35.5 Å². The number of benzene rings is 2. The molecule has 35 heavy (non-hydrogen) atoms. The number of hydrogen-bond donors (Lipinski definition) is 2. The predicted octanol–water partition coefficient (Wildman–Crippen LogP) is 3.96. The van der Waals surface area contributed by atoms with Gasteiger partial charge in [0.05, 0.1) is 0 Å². The Balaban J connectivity index is 1.31. The summed E-state index contributed by atoms with van der Waals surface area (Å²) in [6.45, 7) is 1.79. The normalized spacial score (nSPS) is 14.8. The van der Waals surface area contributed by atoms with E-state index in [1.54, 1.807) is 38.2 Å². The zero-order valence-corrected chi connectivity index (χ0v) is 19.0. The number of aromatic nitrogens is 5. The Hall–Kier alpha value is -4.54. The highest BCUT2D eigenvalue weighted by atomic mass is 16.6. The summed E-state index contributed by atoms with van der Waals surface area (Å²) in [5.74, 6) is -0.231. The Kier molecular flexibility index (Phi) is 5.51. The Morgan fingerprint density at radius 1 is 1.06 bits per heavy atom. The van der Waals surface area contributed by atoms with Gasteiger partial charge in [-0.2, -0.15) is 0 Å². The van der Waals surface area contributed by atoms with Crippen molar-refractivity contribution >= 4 is 17.9 Å². The number of ether oxygens (including phenoxy) is 1. The highest BCUT2D eigenvalue weighted by Gasteiger charge is 2.56. The van der Waals surface area contributed by atoms with Crippen LogP contribution in [-0.2, 0) is 22.0 Å². The SMILES string of the molecule is C[C@@H](OC(=O)Nc1c(-c2ccc(-c3nnc(C4(C(=O)O)CC4)o3)cc2)nnn1C)c1ccccc1. The van der Waals surface area contributed by atoms with Crippen molar-refractivity contribution in [2.24, 2.45) is 7.05 Å². The van der Waals surface area contributed by atoms with Gasteiger partial charge in [0.15, 0.2) is 5.82 Å². The summed E-state index contributed by atoms with van der Waals surface area (Å²) in [5, 5.41) is 28.3. The van der Waals surface area contributed by atoms with Gasteiger partial charge < -0.3 is 14.3 Å². The lowest BCUT2D eigenvalue weighted by Crippen LogP contribution is -2.19. The molecule has 11 heteroatoms. The minimum atomic E-state index is -1.06. The van der Waals surface area contributed by atoms with Gasteiger partial charge in [-0.25, -0.2) is 9.48 Å².